The van der Waals surface area contributed by atoms with Gasteiger partial charge in [0.25, 0.3) is 0 Å². The number of phenolic OH excluding ortho intramolecular Hbond substituents is 2. The highest BCUT2D eigenvalue weighted by molar-refractivity contribution is 8.93. The van der Waals surface area contributed by atoms with Crippen molar-refractivity contribution in [1.29, 1.82) is 0 Å². The lowest BCUT2D eigenvalue weighted by molar-refractivity contribution is 0.0914. The number of carbonyl (C=O) groups excluding carboxylic acids is 1. The van der Waals surface area contributed by atoms with E-state index >= 15 is 0 Å². The van der Waals surface area contributed by atoms with Gasteiger partial charge in [-0.2, -0.15) is 0 Å². The summed E-state index contributed by atoms with van der Waals surface area (Å²) in [5.41, 5.74) is 0.952. The SMILES string of the molecule is Br.Cc1c(C(=O)CN2CCCCC2)ccc(O)c1O. The number of likely N-dealkylation sites (tertiary alicyclic amines) is 1. The Kier molecular flexibility index (Phi) is 5.82. The van der Waals surface area contributed by atoms with Crippen LogP contribution in [0.1, 0.15) is 35.2 Å². The Balaban J connectivity index is 0.00000180. The molecule has 1 aromatic carbocycles. The zero-order valence-electron chi connectivity index (χ0n) is 11.1. The summed E-state index contributed by atoms with van der Waals surface area (Å²) in [7, 11) is 0. The molecule has 0 radical (unpaired) electrons. The lowest BCUT2D eigenvalue weighted by Gasteiger charge is -2.25. The molecule has 4 nitrogen and oxygen atoms in total. The second-order valence-electron chi connectivity index (χ2n) is 4.87. The number of hydrogen-bond acceptors (Lipinski definition) is 4. The number of Topliss-reactive ketones (excluding diaryl/α,β-unsaturated/α-hetero) is 1. The van der Waals surface area contributed by atoms with Crippen LogP contribution in [0, 0.1) is 6.92 Å². The molecule has 0 aliphatic carbocycles. The first-order chi connectivity index (χ1) is 8.59. The number of halogens is 1. The normalized spacial score (nSPS) is 15.8. The van der Waals surface area contributed by atoms with Crippen molar-refractivity contribution >= 4 is 22.8 Å². The number of aromatic hydroxyl groups is 2. The fraction of sp³-hybridized carbons (Fsp3) is 0.500. The van der Waals surface area contributed by atoms with Crippen LogP contribution < -0.4 is 0 Å². The highest BCUT2D eigenvalue weighted by Crippen LogP contribution is 2.30. The van der Waals surface area contributed by atoms with Gasteiger partial charge >= 0.3 is 0 Å². The van der Waals surface area contributed by atoms with E-state index in [9.17, 15) is 15.0 Å². The zero-order valence-corrected chi connectivity index (χ0v) is 12.8. The molecule has 1 saturated heterocycles. The smallest absolute Gasteiger partial charge is 0.177 e. The molecule has 19 heavy (non-hydrogen) atoms. The summed E-state index contributed by atoms with van der Waals surface area (Å²) in [6.07, 6.45) is 3.53. The molecule has 0 amide bonds. The van der Waals surface area contributed by atoms with Gasteiger partial charge in [-0.25, -0.2) is 0 Å². The van der Waals surface area contributed by atoms with Crippen molar-refractivity contribution < 1.29 is 15.0 Å². The Morgan fingerprint density at radius 3 is 2.47 bits per heavy atom. The molecule has 1 aromatic rings. The molecule has 2 rings (SSSR count). The van der Waals surface area contributed by atoms with Crippen LogP contribution in [0.15, 0.2) is 12.1 Å². The summed E-state index contributed by atoms with van der Waals surface area (Å²) in [5.74, 6) is -0.369. The maximum atomic E-state index is 12.2. The monoisotopic (exact) mass is 329 g/mol. The fourth-order valence-corrected chi connectivity index (χ4v) is 2.39. The van der Waals surface area contributed by atoms with Crippen LogP contribution in [0.3, 0.4) is 0 Å². The third-order valence-corrected chi connectivity index (χ3v) is 3.53. The van der Waals surface area contributed by atoms with E-state index in [-0.39, 0.29) is 34.3 Å². The van der Waals surface area contributed by atoms with Crippen LogP contribution in [0.25, 0.3) is 0 Å². The standard InChI is InChI=1S/C14H19NO3.BrH/c1-10-11(5-6-12(16)14(10)18)13(17)9-15-7-3-2-4-8-15;/h5-6,16,18H,2-4,7-9H2,1H3;1H. The van der Waals surface area contributed by atoms with Gasteiger partial charge in [-0.05, 0) is 45.0 Å². The van der Waals surface area contributed by atoms with Gasteiger partial charge < -0.3 is 10.2 Å². The van der Waals surface area contributed by atoms with Crippen LogP contribution >= 0.6 is 17.0 Å². The van der Waals surface area contributed by atoms with E-state index in [0.29, 0.717) is 17.7 Å². The van der Waals surface area contributed by atoms with Crippen molar-refractivity contribution in [3.8, 4) is 11.5 Å². The van der Waals surface area contributed by atoms with Crippen molar-refractivity contribution in [1.82, 2.24) is 4.90 Å². The van der Waals surface area contributed by atoms with Crippen LogP contribution in [0.5, 0.6) is 11.5 Å². The van der Waals surface area contributed by atoms with E-state index in [0.717, 1.165) is 25.9 Å². The average molecular weight is 330 g/mol. The quantitative estimate of drug-likeness (QED) is 0.661. The lowest BCUT2D eigenvalue weighted by atomic mass is 10.0. The van der Waals surface area contributed by atoms with Gasteiger partial charge in [0, 0.05) is 11.1 Å². The topological polar surface area (TPSA) is 60.8 Å². The molecule has 106 valence electrons. The van der Waals surface area contributed by atoms with Crippen LogP contribution in [0.2, 0.25) is 0 Å². The predicted molar refractivity (Wildman–Crippen MR) is 79.5 cm³/mol. The molecule has 0 atom stereocenters. The first-order valence-electron chi connectivity index (χ1n) is 6.36. The number of rotatable bonds is 3. The molecule has 0 bridgehead atoms. The average Bonchev–Trinajstić information content (AvgIpc) is 2.37. The molecule has 0 aromatic heterocycles. The summed E-state index contributed by atoms with van der Waals surface area (Å²) < 4.78 is 0. The summed E-state index contributed by atoms with van der Waals surface area (Å²) >= 11 is 0. The molecule has 1 heterocycles. The molecule has 0 spiro atoms. The first-order valence-corrected chi connectivity index (χ1v) is 6.36. The minimum absolute atomic E-state index is 0. The van der Waals surface area contributed by atoms with Gasteiger partial charge in [0.1, 0.15) is 0 Å². The number of nitrogens with zero attached hydrogens (tertiary/aromatic N) is 1. The molecule has 1 aliphatic rings. The van der Waals surface area contributed by atoms with Crippen LogP contribution in [-0.2, 0) is 0 Å². The van der Waals surface area contributed by atoms with Gasteiger partial charge in [0.05, 0.1) is 6.54 Å². The molecule has 1 fully saturated rings. The molecular formula is C14H20BrNO3. The minimum Gasteiger partial charge on any atom is -0.504 e. The van der Waals surface area contributed by atoms with Crippen molar-refractivity contribution in [2.24, 2.45) is 0 Å². The number of piperidine rings is 1. The maximum absolute atomic E-state index is 12.2. The van der Waals surface area contributed by atoms with Gasteiger partial charge in [-0.1, -0.05) is 6.42 Å². The fourth-order valence-electron chi connectivity index (χ4n) is 2.39. The van der Waals surface area contributed by atoms with Gasteiger partial charge in [-0.15, -0.1) is 17.0 Å². The van der Waals surface area contributed by atoms with Crippen molar-refractivity contribution in [3.05, 3.63) is 23.3 Å². The van der Waals surface area contributed by atoms with Crippen LogP contribution in [0.4, 0.5) is 0 Å². The number of ketones is 1. The molecule has 0 unspecified atom stereocenters. The Morgan fingerprint density at radius 2 is 1.84 bits per heavy atom. The number of phenols is 2. The second kappa shape index (κ2) is 6.91. The van der Waals surface area contributed by atoms with E-state index in [1.54, 1.807) is 13.0 Å². The zero-order chi connectivity index (χ0) is 13.1. The highest BCUT2D eigenvalue weighted by Gasteiger charge is 2.18. The third kappa shape index (κ3) is 3.70. The summed E-state index contributed by atoms with van der Waals surface area (Å²) in [6.45, 7) is 3.98. The molecular weight excluding hydrogens is 310 g/mol. The van der Waals surface area contributed by atoms with Gasteiger partial charge in [-0.3, -0.25) is 9.69 Å². The number of hydrogen-bond donors (Lipinski definition) is 2. The molecule has 0 saturated carbocycles. The first kappa shape index (κ1) is 16.0. The Morgan fingerprint density at radius 1 is 1.21 bits per heavy atom. The highest BCUT2D eigenvalue weighted by atomic mass is 79.9. The maximum Gasteiger partial charge on any atom is 0.177 e. The largest absolute Gasteiger partial charge is 0.504 e. The lowest BCUT2D eigenvalue weighted by Crippen LogP contribution is -2.34. The molecule has 5 heteroatoms. The summed E-state index contributed by atoms with van der Waals surface area (Å²) in [5, 5.41) is 19.0. The summed E-state index contributed by atoms with van der Waals surface area (Å²) in [6, 6.07) is 2.95. The Labute approximate surface area is 123 Å². The second-order valence-corrected chi connectivity index (χ2v) is 4.87. The predicted octanol–water partition coefficient (Wildman–Crippen LogP) is 2.65. The number of carbonyl (C=O) groups is 1. The molecule has 2 N–H and O–H groups in total. The number of benzene rings is 1. The van der Waals surface area contributed by atoms with E-state index < -0.39 is 0 Å². The Hall–Kier alpha value is -1.07. The van der Waals surface area contributed by atoms with Gasteiger partial charge in [0.15, 0.2) is 17.3 Å². The van der Waals surface area contributed by atoms with Crippen molar-refractivity contribution in [2.45, 2.75) is 26.2 Å². The van der Waals surface area contributed by atoms with E-state index in [1.807, 2.05) is 0 Å². The van der Waals surface area contributed by atoms with Crippen molar-refractivity contribution in [3.63, 3.8) is 0 Å². The third-order valence-electron chi connectivity index (χ3n) is 3.53. The Bertz CT molecular complexity index is 456. The van der Waals surface area contributed by atoms with Gasteiger partial charge in [0.2, 0.25) is 0 Å². The molecule has 1 aliphatic heterocycles. The minimum atomic E-state index is -0.195. The van der Waals surface area contributed by atoms with Crippen LogP contribution in [-0.4, -0.2) is 40.5 Å². The van der Waals surface area contributed by atoms with E-state index in [1.165, 1.54) is 12.5 Å². The van der Waals surface area contributed by atoms with E-state index in [4.69, 9.17) is 0 Å². The van der Waals surface area contributed by atoms with E-state index in [2.05, 4.69) is 4.90 Å². The van der Waals surface area contributed by atoms with Crippen molar-refractivity contribution in [2.75, 3.05) is 19.6 Å². The summed E-state index contributed by atoms with van der Waals surface area (Å²) in [4.78, 5) is 14.3.